The second-order valence-corrected chi connectivity index (χ2v) is 3.47. The molecule has 0 radical (unpaired) electrons. The Bertz CT molecular complexity index is 224. The van der Waals surface area contributed by atoms with Gasteiger partial charge in [0, 0.05) is 18.1 Å². The topological polar surface area (TPSA) is 34.1 Å². The van der Waals surface area contributed by atoms with Gasteiger partial charge in [0.1, 0.15) is 5.01 Å². The molecule has 0 spiro atoms. The molecule has 1 N–H and O–H groups in total. The summed E-state index contributed by atoms with van der Waals surface area (Å²) in [4.78, 5) is 4.16. The molecular formula is C9H14N2OS. The van der Waals surface area contributed by atoms with Crippen LogP contribution in [0.3, 0.4) is 0 Å². The lowest BCUT2D eigenvalue weighted by Gasteiger charge is -2.01. The molecule has 4 heteroatoms. The number of ether oxygens (including phenoxy) is 1. The van der Waals surface area contributed by atoms with E-state index in [1.54, 1.807) is 11.3 Å². The first-order valence-electron chi connectivity index (χ1n) is 4.25. The second kappa shape index (κ2) is 6.62. The molecule has 1 rings (SSSR count). The van der Waals surface area contributed by atoms with Crippen LogP contribution in [0.4, 0.5) is 0 Å². The maximum atomic E-state index is 4.98. The second-order valence-electron chi connectivity index (χ2n) is 2.49. The molecule has 13 heavy (non-hydrogen) atoms. The lowest BCUT2D eigenvalue weighted by atomic mass is 10.4. The highest BCUT2D eigenvalue weighted by molar-refractivity contribution is 7.09. The van der Waals surface area contributed by atoms with E-state index >= 15 is 0 Å². The van der Waals surface area contributed by atoms with Gasteiger partial charge in [0.2, 0.25) is 0 Å². The summed E-state index contributed by atoms with van der Waals surface area (Å²) in [6.45, 7) is 6.00. The molecule has 0 aliphatic heterocycles. The van der Waals surface area contributed by atoms with Crippen molar-refractivity contribution in [3.8, 4) is 0 Å². The largest absolute Gasteiger partial charge is 0.502 e. The average Bonchev–Trinajstić information content (AvgIpc) is 2.63. The highest BCUT2D eigenvalue weighted by Gasteiger charge is 1.93. The van der Waals surface area contributed by atoms with E-state index in [2.05, 4.69) is 16.9 Å². The summed E-state index contributed by atoms with van der Waals surface area (Å²) >= 11 is 1.67. The molecule has 0 amide bonds. The molecule has 1 aromatic rings. The number of thiazole rings is 1. The maximum Gasteiger partial charge on any atom is 0.106 e. The van der Waals surface area contributed by atoms with Crippen molar-refractivity contribution in [2.24, 2.45) is 0 Å². The molecule has 0 fully saturated rings. The van der Waals surface area contributed by atoms with Crippen molar-refractivity contribution in [2.45, 2.75) is 13.0 Å². The molecule has 0 atom stereocenters. The zero-order chi connectivity index (χ0) is 9.36. The zero-order valence-corrected chi connectivity index (χ0v) is 8.35. The number of hydrogen-bond acceptors (Lipinski definition) is 4. The summed E-state index contributed by atoms with van der Waals surface area (Å²) in [6, 6.07) is 0. The SMILES string of the molecule is C=COCCCNCc1nccs1. The van der Waals surface area contributed by atoms with Crippen LogP contribution < -0.4 is 5.32 Å². The van der Waals surface area contributed by atoms with Gasteiger partial charge in [0.05, 0.1) is 12.9 Å². The molecule has 0 aliphatic carbocycles. The van der Waals surface area contributed by atoms with E-state index in [9.17, 15) is 0 Å². The predicted molar refractivity (Wildman–Crippen MR) is 54.6 cm³/mol. The molecule has 0 saturated heterocycles. The first kappa shape index (κ1) is 10.2. The van der Waals surface area contributed by atoms with Crippen LogP contribution in [0.2, 0.25) is 0 Å². The Balaban J connectivity index is 1.93. The van der Waals surface area contributed by atoms with Crippen LogP contribution in [0.25, 0.3) is 0 Å². The summed E-state index contributed by atoms with van der Waals surface area (Å²) in [5, 5.41) is 6.39. The Morgan fingerprint density at radius 2 is 2.62 bits per heavy atom. The van der Waals surface area contributed by atoms with Gasteiger partial charge in [0.25, 0.3) is 0 Å². The fourth-order valence-electron chi connectivity index (χ4n) is 0.899. The van der Waals surface area contributed by atoms with Crippen LogP contribution >= 0.6 is 11.3 Å². The molecule has 0 aliphatic rings. The van der Waals surface area contributed by atoms with Crippen molar-refractivity contribution < 1.29 is 4.74 Å². The smallest absolute Gasteiger partial charge is 0.106 e. The van der Waals surface area contributed by atoms with Crippen molar-refractivity contribution in [1.29, 1.82) is 0 Å². The quantitative estimate of drug-likeness (QED) is 0.535. The molecule has 72 valence electrons. The minimum absolute atomic E-state index is 0.731. The third-order valence-electron chi connectivity index (χ3n) is 1.49. The molecule has 1 aromatic heterocycles. The highest BCUT2D eigenvalue weighted by Crippen LogP contribution is 2.02. The number of aromatic nitrogens is 1. The van der Waals surface area contributed by atoms with Gasteiger partial charge >= 0.3 is 0 Å². The van der Waals surface area contributed by atoms with Gasteiger partial charge in [-0.1, -0.05) is 6.58 Å². The summed E-state index contributed by atoms with van der Waals surface area (Å²) in [5.41, 5.74) is 0. The van der Waals surface area contributed by atoms with Crippen molar-refractivity contribution in [1.82, 2.24) is 10.3 Å². The Morgan fingerprint density at radius 1 is 1.69 bits per heavy atom. The number of nitrogens with zero attached hydrogens (tertiary/aromatic N) is 1. The van der Waals surface area contributed by atoms with Gasteiger partial charge in [-0.15, -0.1) is 11.3 Å². The van der Waals surface area contributed by atoms with Crippen molar-refractivity contribution in [3.63, 3.8) is 0 Å². The normalized spacial score (nSPS) is 9.85. The molecule has 0 saturated carbocycles. The average molecular weight is 198 g/mol. The van der Waals surface area contributed by atoms with E-state index in [0.29, 0.717) is 0 Å². The standard InChI is InChI=1S/C9H14N2OS/c1-2-12-6-3-4-10-8-9-11-5-7-13-9/h2,5,7,10H,1,3-4,6,8H2. The third-order valence-corrected chi connectivity index (χ3v) is 2.27. The lowest BCUT2D eigenvalue weighted by molar-refractivity contribution is 0.244. The zero-order valence-electron chi connectivity index (χ0n) is 7.53. The van der Waals surface area contributed by atoms with E-state index < -0.39 is 0 Å². The maximum absolute atomic E-state index is 4.98. The van der Waals surface area contributed by atoms with E-state index in [4.69, 9.17) is 4.74 Å². The first-order valence-corrected chi connectivity index (χ1v) is 5.13. The van der Waals surface area contributed by atoms with E-state index in [1.165, 1.54) is 6.26 Å². The molecule has 1 heterocycles. The van der Waals surface area contributed by atoms with Crippen LogP contribution in [-0.4, -0.2) is 18.1 Å². The van der Waals surface area contributed by atoms with Gasteiger partial charge in [0.15, 0.2) is 0 Å². The van der Waals surface area contributed by atoms with E-state index in [0.717, 1.165) is 31.1 Å². The fraction of sp³-hybridized carbons (Fsp3) is 0.444. The molecule has 3 nitrogen and oxygen atoms in total. The van der Waals surface area contributed by atoms with Crippen molar-refractivity contribution in [3.05, 3.63) is 29.4 Å². The van der Waals surface area contributed by atoms with E-state index in [1.807, 2.05) is 11.6 Å². The number of rotatable bonds is 7. The number of nitrogens with one attached hydrogen (secondary N) is 1. The first-order chi connectivity index (χ1) is 6.43. The van der Waals surface area contributed by atoms with Gasteiger partial charge in [-0.2, -0.15) is 0 Å². The summed E-state index contributed by atoms with van der Waals surface area (Å²) in [6.07, 6.45) is 4.29. The third kappa shape index (κ3) is 4.65. The summed E-state index contributed by atoms with van der Waals surface area (Å²) < 4.78 is 4.98. The van der Waals surface area contributed by atoms with Crippen LogP contribution in [0, 0.1) is 0 Å². The van der Waals surface area contributed by atoms with Crippen LogP contribution in [0.1, 0.15) is 11.4 Å². The lowest BCUT2D eigenvalue weighted by Crippen LogP contribution is -2.15. The minimum Gasteiger partial charge on any atom is -0.502 e. The minimum atomic E-state index is 0.731. The van der Waals surface area contributed by atoms with Gasteiger partial charge in [-0.25, -0.2) is 4.98 Å². The molecule has 0 aromatic carbocycles. The monoisotopic (exact) mass is 198 g/mol. The Hall–Kier alpha value is -0.870. The van der Waals surface area contributed by atoms with E-state index in [-0.39, 0.29) is 0 Å². The van der Waals surface area contributed by atoms with Crippen LogP contribution in [0.15, 0.2) is 24.4 Å². The Morgan fingerprint density at radius 3 is 3.31 bits per heavy atom. The Labute approximate surface area is 82.5 Å². The van der Waals surface area contributed by atoms with Crippen molar-refractivity contribution in [2.75, 3.05) is 13.2 Å². The van der Waals surface area contributed by atoms with Gasteiger partial charge in [-0.3, -0.25) is 0 Å². The Kier molecular flexibility index (Phi) is 5.20. The molecule has 0 bridgehead atoms. The van der Waals surface area contributed by atoms with Gasteiger partial charge < -0.3 is 10.1 Å². The van der Waals surface area contributed by atoms with Crippen LogP contribution in [0.5, 0.6) is 0 Å². The summed E-state index contributed by atoms with van der Waals surface area (Å²) in [7, 11) is 0. The van der Waals surface area contributed by atoms with Crippen LogP contribution in [-0.2, 0) is 11.3 Å². The molecular weight excluding hydrogens is 184 g/mol. The predicted octanol–water partition coefficient (Wildman–Crippen LogP) is 1.78. The van der Waals surface area contributed by atoms with Crippen molar-refractivity contribution >= 4 is 11.3 Å². The molecule has 0 unspecified atom stereocenters. The van der Waals surface area contributed by atoms with Gasteiger partial charge in [-0.05, 0) is 13.0 Å². The highest BCUT2D eigenvalue weighted by atomic mass is 32.1. The number of hydrogen-bond donors (Lipinski definition) is 1. The fourth-order valence-corrected chi connectivity index (χ4v) is 1.49. The summed E-state index contributed by atoms with van der Waals surface area (Å²) in [5.74, 6) is 0.